The molecule has 0 aliphatic heterocycles. The van der Waals surface area contributed by atoms with Gasteiger partial charge < -0.3 is 5.32 Å². The van der Waals surface area contributed by atoms with Gasteiger partial charge in [0.25, 0.3) is 5.56 Å². The van der Waals surface area contributed by atoms with Crippen molar-refractivity contribution in [2.45, 2.75) is 70.9 Å². The molecule has 4 aromatic heterocycles. The quantitative estimate of drug-likeness (QED) is 0.327. The molecule has 4 heterocycles. The second-order valence-corrected chi connectivity index (χ2v) is 12.5. The molecule has 0 aromatic carbocycles. The summed E-state index contributed by atoms with van der Waals surface area (Å²) in [6.07, 6.45) is 6.71. The van der Waals surface area contributed by atoms with Crippen LogP contribution >= 0.6 is 0 Å². The average molecular weight is 549 g/mol. The molecule has 39 heavy (non-hydrogen) atoms. The fourth-order valence-electron chi connectivity index (χ4n) is 4.39. The predicted octanol–water partition coefficient (Wildman–Crippen LogP) is 3.85. The van der Waals surface area contributed by atoms with Crippen molar-refractivity contribution in [2.75, 3.05) is 11.1 Å². The standard InChI is InChI=1S/C27H32N8O3S/c1-6-39(37,38)20-10-9-19(28-12-20)11-29-25-27(36)35(17(5)15(2)3)26-21(33-25)13-30-24(34-26)22-16(4)31-14-32-23(22)18-7-8-18/h9-10,12-15,17-18H,6-8,11H2,1-5H3,(H,29,33)/t17-/m0/s1. The number of aryl methyl sites for hydroxylation is 1. The van der Waals surface area contributed by atoms with Gasteiger partial charge in [-0.25, -0.2) is 33.3 Å². The first-order valence-electron chi connectivity index (χ1n) is 13.1. The molecular weight excluding hydrogens is 516 g/mol. The minimum atomic E-state index is -3.34. The van der Waals surface area contributed by atoms with E-state index < -0.39 is 9.84 Å². The first-order valence-corrected chi connectivity index (χ1v) is 14.8. The molecule has 0 amide bonds. The minimum absolute atomic E-state index is 0.00338. The van der Waals surface area contributed by atoms with Gasteiger partial charge in [0.1, 0.15) is 11.8 Å². The monoisotopic (exact) mass is 548 g/mol. The number of rotatable bonds is 9. The summed E-state index contributed by atoms with van der Waals surface area (Å²) < 4.78 is 25.8. The second kappa shape index (κ2) is 10.4. The topological polar surface area (TPSA) is 146 Å². The lowest BCUT2D eigenvalue weighted by Crippen LogP contribution is -2.30. The van der Waals surface area contributed by atoms with Crippen LogP contribution in [0, 0.1) is 12.8 Å². The first-order chi connectivity index (χ1) is 18.6. The number of fused-ring (bicyclic) bond motifs is 1. The third-order valence-corrected chi connectivity index (χ3v) is 8.95. The van der Waals surface area contributed by atoms with E-state index in [-0.39, 0.29) is 40.5 Å². The molecule has 4 aromatic rings. The number of hydrogen-bond acceptors (Lipinski definition) is 10. The third kappa shape index (κ3) is 5.25. The number of anilines is 1. The van der Waals surface area contributed by atoms with Crippen molar-refractivity contribution >= 4 is 26.8 Å². The van der Waals surface area contributed by atoms with Gasteiger partial charge in [-0.15, -0.1) is 0 Å². The van der Waals surface area contributed by atoms with Crippen LogP contribution in [0.25, 0.3) is 22.6 Å². The third-order valence-electron chi connectivity index (χ3n) is 7.23. The summed E-state index contributed by atoms with van der Waals surface area (Å²) in [5, 5.41) is 3.08. The Kier molecular flexibility index (Phi) is 7.15. The summed E-state index contributed by atoms with van der Waals surface area (Å²) in [4.78, 5) is 41.1. The van der Waals surface area contributed by atoms with Crippen molar-refractivity contribution in [1.29, 1.82) is 0 Å². The lowest BCUT2D eigenvalue weighted by atomic mass is 10.1. The zero-order valence-corrected chi connectivity index (χ0v) is 23.5. The van der Waals surface area contributed by atoms with Crippen molar-refractivity contribution in [3.8, 4) is 11.4 Å². The Morgan fingerprint density at radius 2 is 1.82 bits per heavy atom. The van der Waals surface area contributed by atoms with Gasteiger partial charge >= 0.3 is 0 Å². The van der Waals surface area contributed by atoms with Gasteiger partial charge in [0.15, 0.2) is 27.1 Å². The lowest BCUT2D eigenvalue weighted by molar-refractivity contribution is 0.406. The Morgan fingerprint density at radius 3 is 2.46 bits per heavy atom. The Hall–Kier alpha value is -3.80. The van der Waals surface area contributed by atoms with Crippen LogP contribution in [0.1, 0.15) is 69.6 Å². The summed E-state index contributed by atoms with van der Waals surface area (Å²) in [5.41, 5.74) is 3.77. The highest BCUT2D eigenvalue weighted by Gasteiger charge is 2.30. The van der Waals surface area contributed by atoms with Crippen LogP contribution in [0.3, 0.4) is 0 Å². The van der Waals surface area contributed by atoms with Gasteiger partial charge in [0.2, 0.25) is 0 Å². The van der Waals surface area contributed by atoms with E-state index in [0.29, 0.717) is 28.6 Å². The molecule has 12 heteroatoms. The molecule has 1 N–H and O–H groups in total. The van der Waals surface area contributed by atoms with Gasteiger partial charge in [0.05, 0.1) is 46.0 Å². The van der Waals surface area contributed by atoms with Gasteiger partial charge in [-0.05, 0) is 44.7 Å². The van der Waals surface area contributed by atoms with E-state index in [1.807, 2.05) is 13.8 Å². The molecule has 11 nitrogen and oxygen atoms in total. The maximum Gasteiger partial charge on any atom is 0.295 e. The van der Waals surface area contributed by atoms with Crippen LogP contribution in [0.4, 0.5) is 5.82 Å². The number of sulfone groups is 1. The zero-order valence-electron chi connectivity index (χ0n) is 22.7. The van der Waals surface area contributed by atoms with Crippen molar-refractivity contribution in [2.24, 2.45) is 5.92 Å². The Balaban J connectivity index is 1.55. The van der Waals surface area contributed by atoms with Crippen molar-refractivity contribution < 1.29 is 8.42 Å². The molecule has 0 saturated heterocycles. The SMILES string of the molecule is CCS(=O)(=O)c1ccc(CNc2nc3cnc(-c4c(C)ncnc4C4CC4)nc3n([C@@H](C)C(C)C)c2=O)nc1. The molecule has 1 fully saturated rings. The van der Waals surface area contributed by atoms with Gasteiger partial charge in [-0.3, -0.25) is 14.3 Å². The van der Waals surface area contributed by atoms with Gasteiger partial charge in [0, 0.05) is 18.2 Å². The lowest BCUT2D eigenvalue weighted by Gasteiger charge is -2.22. The number of pyridine rings is 1. The van der Waals surface area contributed by atoms with E-state index in [2.05, 4.69) is 44.1 Å². The molecule has 5 rings (SSSR count). The first kappa shape index (κ1) is 26.8. The highest BCUT2D eigenvalue weighted by atomic mass is 32.2. The van der Waals surface area contributed by atoms with Crippen LogP contribution in [0.15, 0.2) is 40.5 Å². The van der Waals surface area contributed by atoms with E-state index in [1.165, 1.54) is 12.3 Å². The minimum Gasteiger partial charge on any atom is -0.360 e. The highest BCUT2D eigenvalue weighted by Crippen LogP contribution is 2.43. The van der Waals surface area contributed by atoms with Crippen LogP contribution < -0.4 is 10.9 Å². The Morgan fingerprint density at radius 1 is 1.05 bits per heavy atom. The number of nitrogens with zero attached hydrogens (tertiary/aromatic N) is 7. The van der Waals surface area contributed by atoms with E-state index in [9.17, 15) is 13.2 Å². The fraction of sp³-hybridized carbons (Fsp3) is 0.444. The van der Waals surface area contributed by atoms with Crippen LogP contribution in [-0.4, -0.2) is 48.6 Å². The number of nitrogens with one attached hydrogen (secondary N) is 1. The fourth-order valence-corrected chi connectivity index (χ4v) is 5.21. The zero-order chi connectivity index (χ0) is 27.9. The predicted molar refractivity (Wildman–Crippen MR) is 148 cm³/mol. The molecule has 0 unspecified atom stereocenters. The molecule has 1 atom stereocenters. The average Bonchev–Trinajstić information content (AvgIpc) is 3.77. The summed E-state index contributed by atoms with van der Waals surface area (Å²) in [6.45, 7) is 9.79. The molecule has 1 saturated carbocycles. The van der Waals surface area contributed by atoms with Crippen LogP contribution in [0.5, 0.6) is 0 Å². The number of hydrogen-bond donors (Lipinski definition) is 1. The normalized spacial score (nSPS) is 14.6. The van der Waals surface area contributed by atoms with E-state index in [4.69, 9.17) is 4.98 Å². The highest BCUT2D eigenvalue weighted by molar-refractivity contribution is 7.91. The van der Waals surface area contributed by atoms with Gasteiger partial charge in [-0.2, -0.15) is 0 Å². The molecule has 1 aliphatic rings. The molecule has 204 valence electrons. The van der Waals surface area contributed by atoms with E-state index >= 15 is 0 Å². The molecule has 1 aliphatic carbocycles. The molecule has 0 bridgehead atoms. The summed E-state index contributed by atoms with van der Waals surface area (Å²) in [6, 6.07) is 2.98. The Labute approximate surface area is 227 Å². The summed E-state index contributed by atoms with van der Waals surface area (Å²) in [5.74, 6) is 1.17. The van der Waals surface area contributed by atoms with E-state index in [1.54, 1.807) is 30.1 Å². The molecule has 0 radical (unpaired) electrons. The van der Waals surface area contributed by atoms with Crippen molar-refractivity contribution in [3.63, 3.8) is 0 Å². The maximum absolute atomic E-state index is 13.7. The maximum atomic E-state index is 13.7. The van der Waals surface area contributed by atoms with E-state index in [0.717, 1.165) is 29.8 Å². The van der Waals surface area contributed by atoms with Crippen LogP contribution in [-0.2, 0) is 16.4 Å². The number of aromatic nitrogens is 7. The van der Waals surface area contributed by atoms with Gasteiger partial charge in [-0.1, -0.05) is 20.8 Å². The summed E-state index contributed by atoms with van der Waals surface area (Å²) in [7, 11) is -3.34. The molecule has 0 spiro atoms. The molecular formula is C27H32N8O3S. The largest absolute Gasteiger partial charge is 0.360 e. The Bertz CT molecular complexity index is 1700. The van der Waals surface area contributed by atoms with Crippen LogP contribution in [0.2, 0.25) is 0 Å². The van der Waals surface area contributed by atoms with Crippen molar-refractivity contribution in [3.05, 3.63) is 58.3 Å². The smallest absolute Gasteiger partial charge is 0.295 e. The summed E-state index contributed by atoms with van der Waals surface area (Å²) >= 11 is 0. The van der Waals surface area contributed by atoms with Crippen molar-refractivity contribution in [1.82, 2.24) is 34.5 Å². The second-order valence-electron chi connectivity index (χ2n) is 10.3.